The zero-order valence-electron chi connectivity index (χ0n) is 10.3. The Bertz CT molecular complexity index is 570. The molecule has 0 bridgehead atoms. The molecule has 0 saturated heterocycles. The summed E-state index contributed by atoms with van der Waals surface area (Å²) in [7, 11) is 1.57. The minimum Gasteiger partial charge on any atom is -0.495 e. The molecule has 0 aliphatic carbocycles. The van der Waals surface area contributed by atoms with Crippen LogP contribution in [0.25, 0.3) is 0 Å². The molecule has 0 atom stereocenters. The van der Waals surface area contributed by atoms with E-state index in [9.17, 15) is 4.39 Å². The van der Waals surface area contributed by atoms with Crippen LogP contribution in [0.5, 0.6) is 5.75 Å². The van der Waals surface area contributed by atoms with E-state index in [0.29, 0.717) is 17.0 Å². The first-order valence-electron chi connectivity index (χ1n) is 5.57. The van der Waals surface area contributed by atoms with Crippen molar-refractivity contribution in [2.45, 2.75) is 6.92 Å². The molecule has 0 heterocycles. The summed E-state index contributed by atoms with van der Waals surface area (Å²) in [5.74, 6) is 0.397. The van der Waals surface area contributed by atoms with E-state index in [1.54, 1.807) is 38.3 Å². The molecule has 3 N–H and O–H groups in total. The molecule has 3 nitrogen and oxygen atoms in total. The topological polar surface area (TPSA) is 47.3 Å². The van der Waals surface area contributed by atoms with Gasteiger partial charge in [0.05, 0.1) is 12.8 Å². The maximum absolute atomic E-state index is 13.1. The van der Waals surface area contributed by atoms with Crippen molar-refractivity contribution in [3.8, 4) is 5.75 Å². The number of benzene rings is 2. The number of nitrogen functional groups attached to an aromatic ring is 1. The van der Waals surface area contributed by atoms with Crippen LogP contribution in [0.1, 0.15) is 5.56 Å². The predicted octanol–water partition coefficient (Wildman–Crippen LogP) is 3.47. The smallest absolute Gasteiger partial charge is 0.143 e. The van der Waals surface area contributed by atoms with Crippen LogP contribution in [0.3, 0.4) is 0 Å². The average molecular weight is 246 g/mol. The lowest BCUT2D eigenvalue weighted by atomic mass is 10.2. The maximum atomic E-state index is 13.1. The highest BCUT2D eigenvalue weighted by Crippen LogP contribution is 2.27. The third-order valence-electron chi connectivity index (χ3n) is 2.68. The van der Waals surface area contributed by atoms with Crippen molar-refractivity contribution in [1.29, 1.82) is 0 Å². The van der Waals surface area contributed by atoms with Crippen molar-refractivity contribution in [3.63, 3.8) is 0 Å². The fourth-order valence-electron chi connectivity index (χ4n) is 1.68. The number of nitrogens with two attached hydrogens (primary N) is 1. The van der Waals surface area contributed by atoms with Gasteiger partial charge in [0.2, 0.25) is 0 Å². The van der Waals surface area contributed by atoms with E-state index in [2.05, 4.69) is 5.32 Å². The lowest BCUT2D eigenvalue weighted by Gasteiger charge is -2.10. The molecule has 18 heavy (non-hydrogen) atoms. The standard InChI is InChI=1S/C14H15FN2O/c1-9-7-10(3-5-12(9)15)17-11-4-6-13(16)14(8-11)18-2/h3-8,17H,16H2,1-2H3. The van der Waals surface area contributed by atoms with Crippen molar-refractivity contribution >= 4 is 17.1 Å². The summed E-state index contributed by atoms with van der Waals surface area (Å²) < 4.78 is 18.3. The monoisotopic (exact) mass is 246 g/mol. The van der Waals surface area contributed by atoms with Gasteiger partial charge in [0.25, 0.3) is 0 Å². The van der Waals surface area contributed by atoms with E-state index in [-0.39, 0.29) is 5.82 Å². The maximum Gasteiger partial charge on any atom is 0.143 e. The van der Waals surface area contributed by atoms with Gasteiger partial charge in [0.1, 0.15) is 11.6 Å². The molecule has 0 aliphatic heterocycles. The molecule has 2 rings (SSSR count). The van der Waals surface area contributed by atoms with Crippen molar-refractivity contribution in [2.75, 3.05) is 18.2 Å². The average Bonchev–Trinajstić information content (AvgIpc) is 2.36. The molecule has 0 radical (unpaired) electrons. The Morgan fingerprint density at radius 2 is 1.78 bits per heavy atom. The highest BCUT2D eigenvalue weighted by molar-refractivity contribution is 5.67. The van der Waals surface area contributed by atoms with E-state index in [0.717, 1.165) is 11.4 Å². The number of aryl methyl sites for hydroxylation is 1. The summed E-state index contributed by atoms with van der Waals surface area (Å²) in [6.07, 6.45) is 0. The largest absolute Gasteiger partial charge is 0.495 e. The van der Waals surface area contributed by atoms with Crippen LogP contribution < -0.4 is 15.8 Å². The predicted molar refractivity (Wildman–Crippen MR) is 71.8 cm³/mol. The molecule has 0 aromatic heterocycles. The number of rotatable bonds is 3. The Morgan fingerprint density at radius 1 is 1.11 bits per heavy atom. The lowest BCUT2D eigenvalue weighted by Crippen LogP contribution is -1.96. The fraction of sp³-hybridized carbons (Fsp3) is 0.143. The molecule has 0 amide bonds. The van der Waals surface area contributed by atoms with Crippen molar-refractivity contribution in [2.24, 2.45) is 0 Å². The Hall–Kier alpha value is -2.23. The van der Waals surface area contributed by atoms with Gasteiger partial charge in [-0.25, -0.2) is 4.39 Å². The number of halogens is 1. The number of ether oxygens (including phenoxy) is 1. The van der Waals surface area contributed by atoms with Crippen LogP contribution in [-0.2, 0) is 0 Å². The summed E-state index contributed by atoms with van der Waals surface area (Å²) in [5.41, 5.74) is 8.58. The van der Waals surface area contributed by atoms with Crippen LogP contribution in [0.4, 0.5) is 21.5 Å². The molecular weight excluding hydrogens is 231 g/mol. The first-order chi connectivity index (χ1) is 8.60. The number of methoxy groups -OCH3 is 1. The molecular formula is C14H15FN2O. The van der Waals surface area contributed by atoms with Gasteiger partial charge in [-0.05, 0) is 42.8 Å². The first-order valence-corrected chi connectivity index (χ1v) is 5.57. The third-order valence-corrected chi connectivity index (χ3v) is 2.68. The highest BCUT2D eigenvalue weighted by Gasteiger charge is 2.03. The lowest BCUT2D eigenvalue weighted by molar-refractivity contribution is 0.417. The number of hydrogen-bond donors (Lipinski definition) is 2. The second kappa shape index (κ2) is 4.96. The number of hydrogen-bond acceptors (Lipinski definition) is 3. The van der Waals surface area contributed by atoms with Gasteiger partial charge in [-0.3, -0.25) is 0 Å². The van der Waals surface area contributed by atoms with Gasteiger partial charge in [0.15, 0.2) is 0 Å². The molecule has 0 saturated carbocycles. The minimum atomic E-state index is -0.213. The van der Waals surface area contributed by atoms with Crippen LogP contribution in [-0.4, -0.2) is 7.11 Å². The van der Waals surface area contributed by atoms with Crippen molar-refractivity contribution < 1.29 is 9.13 Å². The Labute approximate surface area is 105 Å². The number of anilines is 3. The SMILES string of the molecule is COc1cc(Nc2ccc(F)c(C)c2)ccc1N. The minimum absolute atomic E-state index is 0.213. The second-order valence-corrected chi connectivity index (χ2v) is 4.05. The zero-order chi connectivity index (χ0) is 13.1. The molecule has 2 aromatic carbocycles. The zero-order valence-corrected chi connectivity index (χ0v) is 10.3. The highest BCUT2D eigenvalue weighted by atomic mass is 19.1. The second-order valence-electron chi connectivity index (χ2n) is 4.05. The summed E-state index contributed by atoms with van der Waals surface area (Å²) in [5, 5.41) is 3.17. The van der Waals surface area contributed by atoms with Gasteiger partial charge in [-0.2, -0.15) is 0 Å². The molecule has 0 aliphatic rings. The Morgan fingerprint density at radius 3 is 2.44 bits per heavy atom. The summed E-state index contributed by atoms with van der Waals surface area (Å²) >= 11 is 0. The van der Waals surface area contributed by atoms with Gasteiger partial charge in [-0.15, -0.1) is 0 Å². The van der Waals surface area contributed by atoms with Crippen LogP contribution in [0.2, 0.25) is 0 Å². The van der Waals surface area contributed by atoms with E-state index in [1.165, 1.54) is 6.07 Å². The van der Waals surface area contributed by atoms with Gasteiger partial charge in [0, 0.05) is 17.4 Å². The fourth-order valence-corrected chi connectivity index (χ4v) is 1.68. The summed E-state index contributed by atoms with van der Waals surface area (Å²) in [4.78, 5) is 0. The quantitative estimate of drug-likeness (QED) is 0.815. The summed E-state index contributed by atoms with van der Waals surface area (Å²) in [6, 6.07) is 10.3. The Balaban J connectivity index is 2.25. The van der Waals surface area contributed by atoms with E-state index >= 15 is 0 Å². The van der Waals surface area contributed by atoms with Crippen LogP contribution >= 0.6 is 0 Å². The third kappa shape index (κ3) is 2.53. The van der Waals surface area contributed by atoms with Crippen molar-refractivity contribution in [1.82, 2.24) is 0 Å². The van der Waals surface area contributed by atoms with Crippen LogP contribution in [0, 0.1) is 12.7 Å². The van der Waals surface area contributed by atoms with E-state index < -0.39 is 0 Å². The molecule has 4 heteroatoms. The van der Waals surface area contributed by atoms with E-state index in [4.69, 9.17) is 10.5 Å². The van der Waals surface area contributed by atoms with Gasteiger partial charge >= 0.3 is 0 Å². The van der Waals surface area contributed by atoms with Crippen molar-refractivity contribution in [3.05, 3.63) is 47.8 Å². The molecule has 0 fully saturated rings. The number of nitrogens with one attached hydrogen (secondary N) is 1. The van der Waals surface area contributed by atoms with E-state index in [1.807, 2.05) is 6.07 Å². The van der Waals surface area contributed by atoms with Crippen LogP contribution in [0.15, 0.2) is 36.4 Å². The molecule has 2 aromatic rings. The normalized spacial score (nSPS) is 10.2. The van der Waals surface area contributed by atoms with Gasteiger partial charge < -0.3 is 15.8 Å². The Kier molecular flexibility index (Phi) is 3.37. The first kappa shape index (κ1) is 12.2. The summed E-state index contributed by atoms with van der Waals surface area (Å²) in [6.45, 7) is 1.73. The molecule has 0 spiro atoms. The molecule has 0 unspecified atom stereocenters. The molecule has 94 valence electrons. The van der Waals surface area contributed by atoms with Gasteiger partial charge in [-0.1, -0.05) is 0 Å².